The van der Waals surface area contributed by atoms with Crippen molar-refractivity contribution in [2.75, 3.05) is 38.1 Å². The summed E-state index contributed by atoms with van der Waals surface area (Å²) >= 11 is 3.22. The minimum Gasteiger partial charge on any atom is -0.368 e. The van der Waals surface area contributed by atoms with Crippen LogP contribution < -0.4 is 10.2 Å². The van der Waals surface area contributed by atoms with E-state index in [-0.39, 0.29) is 16.5 Å². The molecule has 1 aromatic heterocycles. The van der Waals surface area contributed by atoms with Gasteiger partial charge in [0.05, 0.1) is 20.8 Å². The second-order valence-electron chi connectivity index (χ2n) is 6.69. The highest BCUT2D eigenvalue weighted by molar-refractivity contribution is 9.10. The van der Waals surface area contributed by atoms with E-state index in [1.807, 2.05) is 19.1 Å². The maximum absolute atomic E-state index is 11.7. The van der Waals surface area contributed by atoms with Crippen molar-refractivity contribution in [3.05, 3.63) is 61.9 Å². The van der Waals surface area contributed by atoms with Crippen LogP contribution in [-0.2, 0) is 6.54 Å². The highest BCUT2D eigenvalue weighted by Gasteiger charge is 2.21. The van der Waals surface area contributed by atoms with Gasteiger partial charge in [0.25, 0.3) is 11.6 Å². The molecule has 28 heavy (non-hydrogen) atoms. The van der Waals surface area contributed by atoms with Gasteiger partial charge in [-0.3, -0.25) is 19.8 Å². The topological polar surface area (TPSA) is 91.6 Å². The molecule has 2 aromatic rings. The van der Waals surface area contributed by atoms with E-state index >= 15 is 0 Å². The molecule has 0 radical (unpaired) electrons. The van der Waals surface area contributed by atoms with E-state index in [4.69, 9.17) is 0 Å². The molecule has 0 unspecified atom stereocenters. The number of nitrogens with one attached hydrogen (secondary N) is 1. The van der Waals surface area contributed by atoms with Crippen LogP contribution in [-0.4, -0.2) is 53.9 Å². The summed E-state index contributed by atoms with van der Waals surface area (Å²) in [5.41, 5.74) is 3.30. The molecule has 2 heterocycles. The maximum Gasteiger partial charge on any atom is 0.283 e. The van der Waals surface area contributed by atoms with Crippen molar-refractivity contribution in [3.63, 3.8) is 0 Å². The van der Waals surface area contributed by atoms with Gasteiger partial charge in [-0.1, -0.05) is 6.07 Å². The average Bonchev–Trinajstić information content (AvgIpc) is 2.69. The molecule has 0 spiro atoms. The van der Waals surface area contributed by atoms with Crippen LogP contribution in [0.1, 0.15) is 21.7 Å². The summed E-state index contributed by atoms with van der Waals surface area (Å²) in [6.07, 6.45) is 0. The number of benzene rings is 1. The minimum atomic E-state index is -0.371. The van der Waals surface area contributed by atoms with E-state index in [1.165, 1.54) is 0 Å². The lowest BCUT2D eigenvalue weighted by Gasteiger charge is -2.36. The maximum atomic E-state index is 11.7. The predicted molar refractivity (Wildman–Crippen MR) is 111 cm³/mol. The van der Waals surface area contributed by atoms with Crippen LogP contribution in [0.25, 0.3) is 0 Å². The van der Waals surface area contributed by atoms with Crippen LogP contribution in [0.5, 0.6) is 0 Å². The van der Waals surface area contributed by atoms with Crippen LogP contribution >= 0.6 is 15.9 Å². The Balaban J connectivity index is 1.63. The van der Waals surface area contributed by atoms with E-state index in [1.54, 1.807) is 25.2 Å². The second kappa shape index (κ2) is 8.66. The first kappa shape index (κ1) is 20.2. The van der Waals surface area contributed by atoms with Crippen molar-refractivity contribution in [2.45, 2.75) is 13.5 Å². The Hall–Kier alpha value is -2.52. The van der Waals surface area contributed by atoms with Crippen LogP contribution in [0.4, 0.5) is 11.4 Å². The minimum absolute atomic E-state index is 0.0917. The zero-order chi connectivity index (χ0) is 20.3. The van der Waals surface area contributed by atoms with E-state index in [0.717, 1.165) is 43.1 Å². The summed E-state index contributed by atoms with van der Waals surface area (Å²) in [5, 5.41) is 13.7. The zero-order valence-electron chi connectivity index (χ0n) is 15.8. The summed E-state index contributed by atoms with van der Waals surface area (Å²) in [7, 11) is 1.59. The van der Waals surface area contributed by atoms with Gasteiger partial charge >= 0.3 is 0 Å². The predicted octanol–water partition coefficient (Wildman–Crippen LogP) is 2.74. The lowest BCUT2D eigenvalue weighted by molar-refractivity contribution is -0.385. The summed E-state index contributed by atoms with van der Waals surface area (Å²) in [6, 6.07) is 8.96. The number of rotatable bonds is 5. The van der Waals surface area contributed by atoms with E-state index in [2.05, 4.69) is 36.0 Å². The number of hydrogen-bond donors (Lipinski definition) is 1. The molecule has 1 amide bonds. The SMILES string of the molecule is CNC(=O)c1ccc(N2CCN(Cc3ccc(Br)c([N+](=O)[O-])c3)CC2)c(C)n1. The Kier molecular flexibility index (Phi) is 6.25. The fourth-order valence-corrected chi connectivity index (χ4v) is 3.74. The molecule has 0 aliphatic carbocycles. The number of carbonyl (C=O) groups is 1. The number of aryl methyl sites for hydroxylation is 1. The van der Waals surface area contributed by atoms with Crippen LogP contribution in [0.15, 0.2) is 34.8 Å². The summed E-state index contributed by atoms with van der Waals surface area (Å²) < 4.78 is 0.495. The van der Waals surface area contributed by atoms with Crippen molar-refractivity contribution in [1.82, 2.24) is 15.2 Å². The molecule has 0 bridgehead atoms. The molecule has 9 heteroatoms. The second-order valence-corrected chi connectivity index (χ2v) is 7.54. The van der Waals surface area contributed by atoms with Gasteiger partial charge < -0.3 is 10.2 Å². The molecular weight excluding hydrogens is 426 g/mol. The van der Waals surface area contributed by atoms with Gasteiger partial charge in [0.1, 0.15) is 5.69 Å². The number of nitrogens with zero attached hydrogens (tertiary/aromatic N) is 4. The molecule has 0 saturated carbocycles. The van der Waals surface area contributed by atoms with Crippen molar-refractivity contribution in [2.24, 2.45) is 0 Å². The van der Waals surface area contributed by atoms with Crippen molar-refractivity contribution in [3.8, 4) is 0 Å². The third-order valence-electron chi connectivity index (χ3n) is 4.84. The number of carbonyl (C=O) groups excluding carboxylic acids is 1. The van der Waals surface area contributed by atoms with Crippen LogP contribution in [0.3, 0.4) is 0 Å². The Bertz CT molecular complexity index is 897. The molecule has 8 nitrogen and oxygen atoms in total. The van der Waals surface area contributed by atoms with Gasteiger partial charge in [0, 0.05) is 45.8 Å². The number of pyridine rings is 1. The number of nitro benzene ring substituents is 1. The summed E-state index contributed by atoms with van der Waals surface area (Å²) in [6.45, 7) is 5.95. The number of piperazine rings is 1. The fraction of sp³-hybridized carbons (Fsp3) is 0.368. The molecule has 3 rings (SSSR count). The highest BCUT2D eigenvalue weighted by Crippen LogP contribution is 2.27. The van der Waals surface area contributed by atoms with Gasteiger partial charge in [0.2, 0.25) is 0 Å². The Morgan fingerprint density at radius 3 is 2.57 bits per heavy atom. The fourth-order valence-electron chi connectivity index (χ4n) is 3.34. The molecule has 1 aliphatic rings. The lowest BCUT2D eigenvalue weighted by atomic mass is 10.1. The highest BCUT2D eigenvalue weighted by atomic mass is 79.9. The largest absolute Gasteiger partial charge is 0.368 e. The molecule has 1 fully saturated rings. The first-order valence-corrected chi connectivity index (χ1v) is 9.78. The molecule has 0 atom stereocenters. The number of aromatic nitrogens is 1. The Morgan fingerprint density at radius 1 is 1.25 bits per heavy atom. The number of hydrogen-bond acceptors (Lipinski definition) is 6. The van der Waals surface area contributed by atoms with Gasteiger partial charge in [-0.05, 0) is 46.6 Å². The van der Waals surface area contributed by atoms with Gasteiger partial charge in [0.15, 0.2) is 0 Å². The van der Waals surface area contributed by atoms with Crippen LogP contribution in [0, 0.1) is 17.0 Å². The van der Waals surface area contributed by atoms with E-state index in [0.29, 0.717) is 16.7 Å². The van der Waals surface area contributed by atoms with E-state index in [9.17, 15) is 14.9 Å². The smallest absolute Gasteiger partial charge is 0.283 e. The first-order chi connectivity index (χ1) is 13.4. The molecule has 1 aliphatic heterocycles. The van der Waals surface area contributed by atoms with Crippen molar-refractivity contribution < 1.29 is 9.72 Å². The summed E-state index contributed by atoms with van der Waals surface area (Å²) in [5.74, 6) is -0.192. The Labute approximate surface area is 171 Å². The molecule has 148 valence electrons. The average molecular weight is 448 g/mol. The zero-order valence-corrected chi connectivity index (χ0v) is 17.4. The van der Waals surface area contributed by atoms with Crippen LogP contribution in [0.2, 0.25) is 0 Å². The standard InChI is InChI=1S/C19H22BrN5O3/c1-13-17(6-5-16(22-13)19(26)21-2)24-9-7-23(8-10-24)12-14-3-4-15(20)18(11-14)25(27)28/h3-6,11H,7-10,12H2,1-2H3,(H,21,26). The normalized spacial score (nSPS) is 14.8. The van der Waals surface area contributed by atoms with Gasteiger partial charge in [-0.15, -0.1) is 0 Å². The Morgan fingerprint density at radius 2 is 1.96 bits per heavy atom. The molecule has 1 saturated heterocycles. The molecule has 1 N–H and O–H groups in total. The molecular formula is C19H22BrN5O3. The third kappa shape index (κ3) is 4.48. The monoisotopic (exact) mass is 447 g/mol. The van der Waals surface area contributed by atoms with Crippen molar-refractivity contribution >= 4 is 33.2 Å². The van der Waals surface area contributed by atoms with E-state index < -0.39 is 0 Å². The number of amides is 1. The number of anilines is 1. The van der Waals surface area contributed by atoms with Crippen molar-refractivity contribution in [1.29, 1.82) is 0 Å². The lowest BCUT2D eigenvalue weighted by Crippen LogP contribution is -2.46. The summed E-state index contributed by atoms with van der Waals surface area (Å²) in [4.78, 5) is 31.4. The van der Waals surface area contributed by atoms with Gasteiger partial charge in [-0.25, -0.2) is 4.98 Å². The quantitative estimate of drug-likeness (QED) is 0.559. The molecule has 1 aromatic carbocycles. The third-order valence-corrected chi connectivity index (χ3v) is 5.51. The number of halogens is 1. The van der Waals surface area contributed by atoms with Gasteiger partial charge in [-0.2, -0.15) is 0 Å². The number of nitro groups is 1. The first-order valence-electron chi connectivity index (χ1n) is 8.99.